The molecule has 2 rings (SSSR count). The van der Waals surface area contributed by atoms with E-state index in [2.05, 4.69) is 21.2 Å². The largest absolute Gasteiger partial charge is 0.507 e. The number of likely N-dealkylation sites (N-methyl/N-ethyl adjacent to an activating group) is 1. The number of amides is 2. The Labute approximate surface area is 148 Å². The Morgan fingerprint density at radius 2 is 1.83 bits per heavy atom. The molecule has 126 valence electrons. The first-order valence-electron chi connectivity index (χ1n) is 7.09. The van der Waals surface area contributed by atoms with Crippen LogP contribution in [-0.4, -0.2) is 42.5 Å². The molecule has 0 aromatic heterocycles. The van der Waals surface area contributed by atoms with Crippen LogP contribution in [0.5, 0.6) is 11.5 Å². The summed E-state index contributed by atoms with van der Waals surface area (Å²) in [6.07, 6.45) is 0. The van der Waals surface area contributed by atoms with E-state index in [1.165, 1.54) is 17.0 Å². The van der Waals surface area contributed by atoms with Crippen LogP contribution in [0.4, 0.5) is 5.69 Å². The van der Waals surface area contributed by atoms with Crippen molar-refractivity contribution in [3.63, 3.8) is 0 Å². The molecule has 0 saturated heterocycles. The summed E-state index contributed by atoms with van der Waals surface area (Å²) < 4.78 is 6.05. The second kappa shape index (κ2) is 7.83. The second-order valence-corrected chi connectivity index (χ2v) is 6.13. The molecule has 0 atom stereocenters. The molecule has 0 radical (unpaired) electrons. The summed E-state index contributed by atoms with van der Waals surface area (Å²) in [4.78, 5) is 25.1. The van der Waals surface area contributed by atoms with Crippen LogP contribution in [0.2, 0.25) is 0 Å². The van der Waals surface area contributed by atoms with Gasteiger partial charge in [0.25, 0.3) is 11.8 Å². The molecule has 6 nitrogen and oxygen atoms in total. The molecule has 0 aliphatic heterocycles. The molecule has 0 spiro atoms. The second-order valence-electron chi connectivity index (χ2n) is 5.22. The summed E-state index contributed by atoms with van der Waals surface area (Å²) in [7, 11) is 3.31. The van der Waals surface area contributed by atoms with Crippen LogP contribution in [-0.2, 0) is 4.79 Å². The van der Waals surface area contributed by atoms with E-state index in [1.54, 1.807) is 44.4 Å². The van der Waals surface area contributed by atoms with Crippen molar-refractivity contribution in [2.45, 2.75) is 0 Å². The minimum absolute atomic E-state index is 0.0510. The molecule has 2 N–H and O–H groups in total. The number of phenolic OH excluding ortho intramolecular Hbond substituents is 1. The zero-order valence-corrected chi connectivity index (χ0v) is 14.8. The van der Waals surface area contributed by atoms with Crippen molar-refractivity contribution in [1.29, 1.82) is 0 Å². The summed E-state index contributed by atoms with van der Waals surface area (Å²) >= 11 is 3.26. The van der Waals surface area contributed by atoms with Gasteiger partial charge in [-0.25, -0.2) is 0 Å². The summed E-state index contributed by atoms with van der Waals surface area (Å²) in [5, 5.41) is 12.4. The van der Waals surface area contributed by atoms with Crippen molar-refractivity contribution in [1.82, 2.24) is 4.90 Å². The van der Waals surface area contributed by atoms with Crippen LogP contribution < -0.4 is 10.1 Å². The lowest BCUT2D eigenvalue weighted by Crippen LogP contribution is -2.27. The number of halogens is 1. The third kappa shape index (κ3) is 4.73. The maximum Gasteiger partial charge on any atom is 0.259 e. The van der Waals surface area contributed by atoms with E-state index >= 15 is 0 Å². The Bertz CT molecular complexity index is 745. The first-order valence-corrected chi connectivity index (χ1v) is 7.89. The van der Waals surface area contributed by atoms with Gasteiger partial charge >= 0.3 is 0 Å². The number of aromatic hydroxyl groups is 1. The van der Waals surface area contributed by atoms with Gasteiger partial charge in [-0.05, 0) is 42.5 Å². The molecule has 7 heteroatoms. The van der Waals surface area contributed by atoms with E-state index in [4.69, 9.17) is 4.74 Å². The van der Waals surface area contributed by atoms with E-state index in [0.29, 0.717) is 15.9 Å². The van der Waals surface area contributed by atoms with Gasteiger partial charge in [0, 0.05) is 24.3 Å². The zero-order valence-electron chi connectivity index (χ0n) is 13.2. The van der Waals surface area contributed by atoms with Crippen LogP contribution in [0.3, 0.4) is 0 Å². The van der Waals surface area contributed by atoms with Crippen molar-refractivity contribution in [3.8, 4) is 11.5 Å². The minimum Gasteiger partial charge on any atom is -0.507 e. The monoisotopic (exact) mass is 392 g/mol. The van der Waals surface area contributed by atoms with Gasteiger partial charge in [-0.1, -0.05) is 15.9 Å². The highest BCUT2D eigenvalue weighted by Gasteiger charge is 2.12. The number of carbonyl (C=O) groups excluding carboxylic acids is 2. The summed E-state index contributed by atoms with van der Waals surface area (Å²) in [6.45, 7) is -0.0510. The number of benzene rings is 2. The SMILES string of the molecule is CN(C)C(=O)COc1ccc(NC(=O)c2cc(Br)ccc2O)cc1. The Hall–Kier alpha value is -2.54. The third-order valence-electron chi connectivity index (χ3n) is 3.18. The number of phenols is 1. The number of hydrogen-bond donors (Lipinski definition) is 2. The smallest absolute Gasteiger partial charge is 0.259 e. The van der Waals surface area contributed by atoms with Crippen molar-refractivity contribution >= 4 is 33.4 Å². The normalized spacial score (nSPS) is 10.1. The van der Waals surface area contributed by atoms with Gasteiger partial charge in [0.05, 0.1) is 5.56 Å². The molecule has 0 saturated carbocycles. The van der Waals surface area contributed by atoms with Gasteiger partial charge in [0.2, 0.25) is 0 Å². The van der Waals surface area contributed by atoms with Crippen LogP contribution in [0, 0.1) is 0 Å². The molecular formula is C17H17BrN2O4. The van der Waals surface area contributed by atoms with Gasteiger partial charge in [0.15, 0.2) is 6.61 Å². The first-order chi connectivity index (χ1) is 11.4. The van der Waals surface area contributed by atoms with Crippen molar-refractivity contribution in [2.24, 2.45) is 0 Å². The Morgan fingerprint density at radius 3 is 2.46 bits per heavy atom. The van der Waals surface area contributed by atoms with Crippen molar-refractivity contribution in [3.05, 3.63) is 52.5 Å². The number of hydrogen-bond acceptors (Lipinski definition) is 4. The molecule has 2 aromatic rings. The number of nitrogens with one attached hydrogen (secondary N) is 1. The van der Waals surface area contributed by atoms with Gasteiger partial charge in [-0.15, -0.1) is 0 Å². The van der Waals surface area contributed by atoms with E-state index in [-0.39, 0.29) is 23.8 Å². The van der Waals surface area contributed by atoms with Gasteiger partial charge in [0.1, 0.15) is 11.5 Å². The van der Waals surface area contributed by atoms with Gasteiger partial charge in [-0.3, -0.25) is 9.59 Å². The lowest BCUT2D eigenvalue weighted by molar-refractivity contribution is -0.130. The topological polar surface area (TPSA) is 78.9 Å². The highest BCUT2D eigenvalue weighted by atomic mass is 79.9. The van der Waals surface area contributed by atoms with E-state index in [9.17, 15) is 14.7 Å². The summed E-state index contributed by atoms with van der Waals surface area (Å²) in [5.41, 5.74) is 0.715. The maximum absolute atomic E-state index is 12.2. The van der Waals surface area contributed by atoms with Crippen LogP contribution in [0.25, 0.3) is 0 Å². The fraction of sp³-hybridized carbons (Fsp3) is 0.176. The van der Waals surface area contributed by atoms with Crippen LogP contribution in [0.1, 0.15) is 10.4 Å². The molecular weight excluding hydrogens is 376 g/mol. The Balaban J connectivity index is 1.99. The van der Waals surface area contributed by atoms with Gasteiger partial charge < -0.3 is 20.1 Å². The fourth-order valence-electron chi connectivity index (χ4n) is 1.80. The predicted octanol–water partition coefficient (Wildman–Crippen LogP) is 2.87. The van der Waals surface area contributed by atoms with E-state index < -0.39 is 5.91 Å². The Kier molecular flexibility index (Phi) is 5.81. The number of nitrogens with zero attached hydrogens (tertiary/aromatic N) is 1. The molecule has 0 heterocycles. The first kappa shape index (κ1) is 17.8. The molecule has 0 aliphatic carbocycles. The number of carbonyl (C=O) groups is 2. The number of rotatable bonds is 5. The summed E-state index contributed by atoms with van der Waals surface area (Å²) in [5.74, 6) is -0.144. The van der Waals surface area contributed by atoms with E-state index in [0.717, 1.165) is 0 Å². The van der Waals surface area contributed by atoms with Gasteiger partial charge in [-0.2, -0.15) is 0 Å². The average molecular weight is 393 g/mol. The third-order valence-corrected chi connectivity index (χ3v) is 3.67. The Morgan fingerprint density at radius 1 is 1.17 bits per heavy atom. The quantitative estimate of drug-likeness (QED) is 0.819. The minimum atomic E-state index is -0.426. The predicted molar refractivity (Wildman–Crippen MR) is 94.4 cm³/mol. The lowest BCUT2D eigenvalue weighted by Gasteiger charge is -2.12. The standard InChI is InChI=1S/C17H17BrN2O4/c1-20(2)16(22)10-24-13-6-4-12(5-7-13)19-17(23)14-9-11(18)3-8-15(14)21/h3-9,21H,10H2,1-2H3,(H,19,23). The highest BCUT2D eigenvalue weighted by Crippen LogP contribution is 2.23. The maximum atomic E-state index is 12.2. The lowest BCUT2D eigenvalue weighted by atomic mass is 10.2. The molecule has 0 bridgehead atoms. The summed E-state index contributed by atoms with van der Waals surface area (Å²) in [6, 6.07) is 11.2. The van der Waals surface area contributed by atoms with Crippen molar-refractivity contribution < 1.29 is 19.4 Å². The van der Waals surface area contributed by atoms with Crippen LogP contribution in [0.15, 0.2) is 46.9 Å². The number of ether oxygens (including phenoxy) is 1. The fourth-order valence-corrected chi connectivity index (χ4v) is 2.16. The van der Waals surface area contributed by atoms with E-state index in [1.807, 2.05) is 0 Å². The van der Waals surface area contributed by atoms with Crippen molar-refractivity contribution in [2.75, 3.05) is 26.0 Å². The number of anilines is 1. The zero-order chi connectivity index (χ0) is 17.7. The highest BCUT2D eigenvalue weighted by molar-refractivity contribution is 9.10. The molecule has 24 heavy (non-hydrogen) atoms. The molecule has 2 aromatic carbocycles. The molecule has 0 aliphatic rings. The molecule has 2 amide bonds. The molecule has 0 fully saturated rings. The molecule has 0 unspecified atom stereocenters. The average Bonchev–Trinajstić information content (AvgIpc) is 2.55. The van der Waals surface area contributed by atoms with Crippen LogP contribution >= 0.6 is 15.9 Å².